The summed E-state index contributed by atoms with van der Waals surface area (Å²) in [4.78, 5) is 5.20. The largest absolute Gasteiger partial charge is 0.391 e. The van der Waals surface area contributed by atoms with Crippen LogP contribution in [-0.4, -0.2) is 59.3 Å². The van der Waals surface area contributed by atoms with Gasteiger partial charge in [0.2, 0.25) is 0 Å². The van der Waals surface area contributed by atoms with Crippen LogP contribution >= 0.6 is 0 Å². The van der Waals surface area contributed by atoms with Crippen LogP contribution in [0.2, 0.25) is 0 Å². The van der Waals surface area contributed by atoms with E-state index in [4.69, 9.17) is 0 Å². The standard InChI is InChI=1S/C17H34N2O/c1-14(2)8-9-15(3)18-10-12-19(13-11-18)16-6-4-5-7-17(16)20/h14-17,20H,4-13H2,1-3H3/t15?,16-,17-/m0/s1. The molecule has 0 spiro atoms. The van der Waals surface area contributed by atoms with Gasteiger partial charge in [-0.25, -0.2) is 0 Å². The van der Waals surface area contributed by atoms with Crippen LogP contribution in [0.25, 0.3) is 0 Å². The van der Waals surface area contributed by atoms with E-state index in [1.807, 2.05) is 0 Å². The van der Waals surface area contributed by atoms with E-state index in [1.54, 1.807) is 0 Å². The lowest BCUT2D eigenvalue weighted by atomic mass is 9.91. The Labute approximate surface area is 125 Å². The lowest BCUT2D eigenvalue weighted by Crippen LogP contribution is -2.55. The number of piperazine rings is 1. The quantitative estimate of drug-likeness (QED) is 0.840. The van der Waals surface area contributed by atoms with Crippen molar-refractivity contribution in [3.63, 3.8) is 0 Å². The summed E-state index contributed by atoms with van der Waals surface area (Å²) in [6.07, 6.45) is 7.30. The molecule has 2 rings (SSSR count). The molecule has 2 fully saturated rings. The Bertz CT molecular complexity index is 274. The summed E-state index contributed by atoms with van der Waals surface area (Å²) in [5.41, 5.74) is 0. The smallest absolute Gasteiger partial charge is 0.0695 e. The van der Waals surface area contributed by atoms with Crippen LogP contribution in [0.3, 0.4) is 0 Å². The van der Waals surface area contributed by atoms with Gasteiger partial charge in [0.1, 0.15) is 0 Å². The first-order valence-corrected chi connectivity index (χ1v) is 8.74. The van der Waals surface area contributed by atoms with Crippen molar-refractivity contribution in [3.8, 4) is 0 Å². The first-order chi connectivity index (χ1) is 9.58. The molecular weight excluding hydrogens is 248 g/mol. The average Bonchev–Trinajstić information content (AvgIpc) is 2.45. The van der Waals surface area contributed by atoms with E-state index in [9.17, 15) is 5.11 Å². The van der Waals surface area contributed by atoms with E-state index in [0.717, 1.165) is 31.5 Å². The maximum absolute atomic E-state index is 10.2. The molecule has 3 nitrogen and oxygen atoms in total. The van der Waals surface area contributed by atoms with E-state index < -0.39 is 0 Å². The summed E-state index contributed by atoms with van der Waals surface area (Å²) in [6.45, 7) is 11.7. The number of nitrogens with zero attached hydrogens (tertiary/aromatic N) is 2. The van der Waals surface area contributed by atoms with Gasteiger partial charge in [0.15, 0.2) is 0 Å². The molecule has 1 unspecified atom stereocenters. The number of hydrogen-bond donors (Lipinski definition) is 1. The van der Waals surface area contributed by atoms with Gasteiger partial charge in [-0.2, -0.15) is 0 Å². The highest BCUT2D eigenvalue weighted by Crippen LogP contribution is 2.24. The molecular formula is C17H34N2O. The second-order valence-corrected chi connectivity index (χ2v) is 7.31. The molecule has 1 aliphatic heterocycles. The molecule has 0 aromatic carbocycles. The van der Waals surface area contributed by atoms with Crippen molar-refractivity contribution in [2.75, 3.05) is 26.2 Å². The zero-order valence-corrected chi connectivity index (χ0v) is 13.7. The van der Waals surface area contributed by atoms with E-state index in [0.29, 0.717) is 6.04 Å². The highest BCUT2D eigenvalue weighted by molar-refractivity contribution is 4.87. The summed E-state index contributed by atoms with van der Waals surface area (Å²) in [7, 11) is 0. The molecule has 3 heteroatoms. The van der Waals surface area contributed by atoms with Gasteiger partial charge in [-0.15, -0.1) is 0 Å². The molecule has 118 valence electrons. The number of aliphatic hydroxyl groups is 1. The van der Waals surface area contributed by atoms with Crippen molar-refractivity contribution >= 4 is 0 Å². The fourth-order valence-corrected chi connectivity index (χ4v) is 3.78. The average molecular weight is 282 g/mol. The second-order valence-electron chi connectivity index (χ2n) is 7.31. The molecule has 3 atom stereocenters. The van der Waals surface area contributed by atoms with Gasteiger partial charge in [-0.05, 0) is 38.5 Å². The summed E-state index contributed by atoms with van der Waals surface area (Å²) >= 11 is 0. The summed E-state index contributed by atoms with van der Waals surface area (Å²) < 4.78 is 0. The molecule has 0 aromatic heterocycles. The first-order valence-electron chi connectivity index (χ1n) is 8.74. The van der Waals surface area contributed by atoms with Gasteiger partial charge in [-0.1, -0.05) is 26.7 Å². The minimum Gasteiger partial charge on any atom is -0.391 e. The van der Waals surface area contributed by atoms with Gasteiger partial charge < -0.3 is 5.11 Å². The van der Waals surface area contributed by atoms with Crippen molar-refractivity contribution in [3.05, 3.63) is 0 Å². The summed E-state index contributed by atoms with van der Waals surface area (Å²) in [5.74, 6) is 0.816. The Balaban J connectivity index is 1.74. The lowest BCUT2D eigenvalue weighted by molar-refractivity contribution is -0.0102. The molecule has 1 N–H and O–H groups in total. The van der Waals surface area contributed by atoms with Crippen LogP contribution in [-0.2, 0) is 0 Å². The Morgan fingerprint density at radius 1 is 0.950 bits per heavy atom. The first kappa shape index (κ1) is 16.3. The van der Waals surface area contributed by atoms with Gasteiger partial charge in [0.05, 0.1) is 6.10 Å². The SMILES string of the molecule is CC(C)CCC(C)N1CCN([C@H]2CCCC[C@@H]2O)CC1. The molecule has 0 radical (unpaired) electrons. The maximum Gasteiger partial charge on any atom is 0.0695 e. The number of hydrogen-bond acceptors (Lipinski definition) is 3. The summed E-state index contributed by atoms with van der Waals surface area (Å²) in [6, 6.07) is 1.16. The van der Waals surface area contributed by atoms with E-state index in [-0.39, 0.29) is 6.10 Å². The number of aliphatic hydroxyl groups excluding tert-OH is 1. The normalized spacial score (nSPS) is 31.6. The molecule has 2 aliphatic rings. The minimum absolute atomic E-state index is 0.0753. The third-order valence-electron chi connectivity index (χ3n) is 5.30. The second kappa shape index (κ2) is 7.77. The molecule has 1 aliphatic carbocycles. The predicted octanol–water partition coefficient (Wildman–Crippen LogP) is 2.73. The predicted molar refractivity (Wildman–Crippen MR) is 84.9 cm³/mol. The summed E-state index contributed by atoms with van der Waals surface area (Å²) in [5, 5.41) is 10.2. The molecule has 0 bridgehead atoms. The van der Waals surface area contributed by atoms with Crippen LogP contribution in [0, 0.1) is 5.92 Å². The molecule has 1 saturated heterocycles. The topological polar surface area (TPSA) is 26.7 Å². The number of rotatable bonds is 5. The highest BCUT2D eigenvalue weighted by Gasteiger charge is 2.31. The Kier molecular flexibility index (Phi) is 6.31. The fourth-order valence-electron chi connectivity index (χ4n) is 3.78. The Morgan fingerprint density at radius 3 is 2.20 bits per heavy atom. The van der Waals surface area contributed by atoms with Crippen LogP contribution in [0.1, 0.15) is 59.3 Å². The van der Waals surface area contributed by atoms with E-state index in [1.165, 1.54) is 45.2 Å². The molecule has 1 saturated carbocycles. The highest BCUT2D eigenvalue weighted by atomic mass is 16.3. The zero-order chi connectivity index (χ0) is 14.5. The molecule has 1 heterocycles. The van der Waals surface area contributed by atoms with Crippen LogP contribution in [0.15, 0.2) is 0 Å². The lowest BCUT2D eigenvalue weighted by Gasteiger charge is -2.44. The van der Waals surface area contributed by atoms with Crippen LogP contribution in [0.4, 0.5) is 0 Å². The minimum atomic E-state index is -0.0753. The van der Waals surface area contributed by atoms with Crippen molar-refractivity contribution in [1.29, 1.82) is 0 Å². The molecule has 0 amide bonds. The third-order valence-corrected chi connectivity index (χ3v) is 5.30. The molecule has 20 heavy (non-hydrogen) atoms. The fraction of sp³-hybridized carbons (Fsp3) is 1.00. The van der Waals surface area contributed by atoms with E-state index in [2.05, 4.69) is 30.6 Å². The van der Waals surface area contributed by atoms with Gasteiger partial charge >= 0.3 is 0 Å². The molecule has 0 aromatic rings. The Morgan fingerprint density at radius 2 is 1.60 bits per heavy atom. The third kappa shape index (κ3) is 4.44. The van der Waals surface area contributed by atoms with Gasteiger partial charge in [0, 0.05) is 38.3 Å². The van der Waals surface area contributed by atoms with Gasteiger partial charge in [0.25, 0.3) is 0 Å². The zero-order valence-electron chi connectivity index (χ0n) is 13.7. The van der Waals surface area contributed by atoms with Gasteiger partial charge in [-0.3, -0.25) is 9.80 Å². The van der Waals surface area contributed by atoms with Crippen molar-refractivity contribution in [2.45, 2.75) is 77.5 Å². The van der Waals surface area contributed by atoms with Crippen molar-refractivity contribution in [1.82, 2.24) is 9.80 Å². The van der Waals surface area contributed by atoms with Crippen LogP contribution < -0.4 is 0 Å². The van der Waals surface area contributed by atoms with Crippen molar-refractivity contribution in [2.24, 2.45) is 5.92 Å². The van der Waals surface area contributed by atoms with Crippen molar-refractivity contribution < 1.29 is 5.11 Å². The Hall–Kier alpha value is -0.120. The van der Waals surface area contributed by atoms with Crippen LogP contribution in [0.5, 0.6) is 0 Å². The maximum atomic E-state index is 10.2. The van der Waals surface area contributed by atoms with E-state index >= 15 is 0 Å². The monoisotopic (exact) mass is 282 g/mol.